The minimum Gasteiger partial charge on any atom is -0.479 e. The van der Waals surface area contributed by atoms with E-state index in [0.717, 1.165) is 16.7 Å². The van der Waals surface area contributed by atoms with Crippen molar-refractivity contribution in [1.29, 1.82) is 0 Å². The average molecular weight is 651 g/mol. The number of pyridine rings is 1. The van der Waals surface area contributed by atoms with E-state index in [2.05, 4.69) is 9.71 Å². The molecule has 0 radical (unpaired) electrons. The summed E-state index contributed by atoms with van der Waals surface area (Å²) < 4.78 is 55.9. The molecule has 3 N–H and O–H groups in total. The molecule has 0 aliphatic carbocycles. The summed E-state index contributed by atoms with van der Waals surface area (Å²) in [5, 5.41) is 9.47. The Labute approximate surface area is 257 Å². The Hall–Kier alpha value is -3.36. The third kappa shape index (κ3) is 8.18. The molecule has 1 aromatic heterocycles. The fourth-order valence-electron chi connectivity index (χ4n) is 4.62. The van der Waals surface area contributed by atoms with E-state index in [4.69, 9.17) is 11.6 Å². The maximum atomic E-state index is 14.1. The Balaban J connectivity index is 1.93. The van der Waals surface area contributed by atoms with E-state index in [9.17, 15) is 31.5 Å². The number of hydrogen-bond donors (Lipinski definition) is 3. The lowest BCUT2D eigenvalue weighted by molar-refractivity contribution is -0.139. The summed E-state index contributed by atoms with van der Waals surface area (Å²) in [7, 11) is -8.51. The van der Waals surface area contributed by atoms with E-state index >= 15 is 0 Å². The smallest absolute Gasteiger partial charge is 0.343 e. The van der Waals surface area contributed by atoms with Gasteiger partial charge in [-0.05, 0) is 79.3 Å². The number of sulfonamides is 2. The van der Waals surface area contributed by atoms with Gasteiger partial charge in [0.25, 0.3) is 0 Å². The number of carboxylic acid groups (broad SMARTS) is 1. The summed E-state index contributed by atoms with van der Waals surface area (Å²) in [6.45, 7) is 6.57. The van der Waals surface area contributed by atoms with Crippen LogP contribution in [-0.2, 0) is 29.6 Å². The van der Waals surface area contributed by atoms with E-state index in [1.54, 1.807) is 38.4 Å². The highest BCUT2D eigenvalue weighted by Gasteiger charge is 2.34. The molecule has 11 nitrogen and oxygen atoms in total. The van der Waals surface area contributed by atoms with E-state index in [1.807, 2.05) is 42.6 Å². The summed E-state index contributed by atoms with van der Waals surface area (Å²) in [5.41, 5.74) is 3.85. The van der Waals surface area contributed by atoms with Gasteiger partial charge in [-0.15, -0.1) is 0 Å². The predicted octanol–water partition coefficient (Wildman–Crippen LogP) is 4.02. The Morgan fingerprint density at radius 3 is 2.42 bits per heavy atom. The van der Waals surface area contributed by atoms with Crippen molar-refractivity contribution in [3.8, 4) is 11.1 Å². The second-order valence-corrected chi connectivity index (χ2v) is 14.0. The number of benzene rings is 2. The highest BCUT2D eigenvalue weighted by atomic mass is 35.5. The van der Waals surface area contributed by atoms with Gasteiger partial charge in [0.2, 0.25) is 31.3 Å². The standard InChI is InChI=1S/C29H35ClN4O7S2/c1-5-32-42(38,39)28(29(36)37)33-27(35)13-8-16-34(43(40,41)26-12-7-11-25(30)20(26)3)21(4)22-9-6-10-23(17-22)24-14-15-31-18-19(24)2/h6-7,9-12,14-15,17-18,21,28,32H,5,8,13,16H2,1-4H3,(H,33,35)(H,36,37)/t21-,28-/m0/s1. The lowest BCUT2D eigenvalue weighted by atomic mass is 9.98. The van der Waals surface area contributed by atoms with Crippen LogP contribution in [0.2, 0.25) is 5.02 Å². The number of carbonyl (C=O) groups excluding carboxylic acids is 1. The number of carbonyl (C=O) groups is 2. The number of nitrogens with zero attached hydrogens (tertiary/aromatic N) is 2. The van der Waals surface area contributed by atoms with Crippen LogP contribution in [-0.4, -0.2) is 61.6 Å². The highest BCUT2D eigenvalue weighted by Crippen LogP contribution is 2.33. The molecule has 3 rings (SSSR count). The highest BCUT2D eigenvalue weighted by molar-refractivity contribution is 7.90. The van der Waals surface area contributed by atoms with Crippen LogP contribution in [0.3, 0.4) is 0 Å². The molecular weight excluding hydrogens is 616 g/mol. The number of carboxylic acids is 1. The molecule has 0 bridgehead atoms. The minimum atomic E-state index is -4.36. The molecule has 0 saturated heterocycles. The van der Waals surface area contributed by atoms with Gasteiger partial charge in [0.1, 0.15) is 0 Å². The number of nitrogens with one attached hydrogen (secondary N) is 2. The van der Waals surface area contributed by atoms with Gasteiger partial charge >= 0.3 is 5.97 Å². The number of aliphatic carboxylic acids is 1. The van der Waals surface area contributed by atoms with Crippen LogP contribution in [0.1, 0.15) is 49.4 Å². The number of hydrogen-bond acceptors (Lipinski definition) is 7. The first-order chi connectivity index (χ1) is 20.2. The third-order valence-electron chi connectivity index (χ3n) is 6.89. The number of amides is 1. The topological polar surface area (TPSA) is 163 Å². The first-order valence-corrected chi connectivity index (χ1v) is 16.9. The Bertz CT molecular complexity index is 1700. The van der Waals surface area contributed by atoms with Gasteiger partial charge in [-0.25, -0.2) is 26.4 Å². The van der Waals surface area contributed by atoms with E-state index < -0.39 is 43.3 Å². The molecule has 0 saturated carbocycles. The molecule has 0 fully saturated rings. The fraction of sp³-hybridized carbons (Fsp3) is 0.345. The zero-order valence-corrected chi connectivity index (χ0v) is 26.6. The van der Waals surface area contributed by atoms with Crippen molar-refractivity contribution in [3.63, 3.8) is 0 Å². The van der Waals surface area contributed by atoms with Gasteiger partial charge in [0.15, 0.2) is 0 Å². The van der Waals surface area contributed by atoms with Crippen molar-refractivity contribution in [1.82, 2.24) is 19.3 Å². The van der Waals surface area contributed by atoms with Crippen molar-refractivity contribution < 1.29 is 31.5 Å². The van der Waals surface area contributed by atoms with Crippen LogP contribution < -0.4 is 10.0 Å². The van der Waals surface area contributed by atoms with Crippen molar-refractivity contribution in [2.75, 3.05) is 13.1 Å². The largest absolute Gasteiger partial charge is 0.479 e. The van der Waals surface area contributed by atoms with E-state index in [1.165, 1.54) is 17.3 Å². The van der Waals surface area contributed by atoms with Crippen molar-refractivity contribution in [2.45, 2.75) is 56.8 Å². The fourth-order valence-corrected chi connectivity index (χ4v) is 7.87. The molecule has 0 spiro atoms. The monoisotopic (exact) mass is 650 g/mol. The second-order valence-electron chi connectivity index (χ2n) is 9.90. The quantitative estimate of drug-likeness (QED) is 0.236. The van der Waals surface area contributed by atoms with Crippen LogP contribution in [0, 0.1) is 13.8 Å². The van der Waals surface area contributed by atoms with Gasteiger partial charge in [-0.2, -0.15) is 4.31 Å². The number of halogens is 1. The SMILES string of the molecule is CCNS(=O)(=O)[C@H](NC(=O)CCCN([C@@H](C)c1cccc(-c2ccncc2C)c1)S(=O)(=O)c1cccc(Cl)c1C)C(=O)O. The lowest BCUT2D eigenvalue weighted by Gasteiger charge is -2.30. The maximum Gasteiger partial charge on any atom is 0.343 e. The van der Waals surface area contributed by atoms with Crippen molar-refractivity contribution >= 4 is 43.5 Å². The first-order valence-electron chi connectivity index (χ1n) is 13.5. The normalized spacial score (nSPS) is 13.4. The van der Waals surface area contributed by atoms with Crippen LogP contribution in [0.4, 0.5) is 0 Å². The zero-order chi connectivity index (χ0) is 31.9. The molecular formula is C29H35ClN4O7S2. The first kappa shape index (κ1) is 34.1. The van der Waals surface area contributed by atoms with Gasteiger partial charge < -0.3 is 10.4 Å². The zero-order valence-electron chi connectivity index (χ0n) is 24.2. The molecule has 3 aromatic rings. The van der Waals surface area contributed by atoms with Crippen LogP contribution in [0.15, 0.2) is 65.8 Å². The number of aryl methyl sites for hydroxylation is 1. The van der Waals surface area contributed by atoms with Crippen LogP contribution >= 0.6 is 11.6 Å². The second kappa shape index (κ2) is 14.4. The van der Waals surface area contributed by atoms with E-state index in [-0.39, 0.29) is 35.8 Å². The number of aromatic nitrogens is 1. The van der Waals surface area contributed by atoms with Crippen LogP contribution in [0.5, 0.6) is 0 Å². The Morgan fingerprint density at radius 1 is 1.07 bits per heavy atom. The summed E-state index contributed by atoms with van der Waals surface area (Å²) in [6.07, 6.45) is 3.08. The van der Waals surface area contributed by atoms with Gasteiger partial charge in [-0.1, -0.05) is 42.8 Å². The molecule has 2 atom stereocenters. The Morgan fingerprint density at radius 2 is 1.77 bits per heavy atom. The molecule has 43 heavy (non-hydrogen) atoms. The molecule has 1 amide bonds. The minimum absolute atomic E-state index is 0.0140. The van der Waals surface area contributed by atoms with Gasteiger partial charge in [0, 0.05) is 43.0 Å². The molecule has 0 aliphatic heterocycles. The van der Waals surface area contributed by atoms with Gasteiger partial charge in [0.05, 0.1) is 4.90 Å². The predicted molar refractivity (Wildman–Crippen MR) is 164 cm³/mol. The number of rotatable bonds is 14. The summed E-state index contributed by atoms with van der Waals surface area (Å²) in [6, 6.07) is 13.3. The third-order valence-corrected chi connectivity index (χ3v) is 11.0. The summed E-state index contributed by atoms with van der Waals surface area (Å²) >= 11 is 6.26. The Kier molecular flexibility index (Phi) is 11.4. The molecule has 2 aromatic carbocycles. The average Bonchev–Trinajstić information content (AvgIpc) is 2.95. The summed E-state index contributed by atoms with van der Waals surface area (Å²) in [5.74, 6) is -2.60. The molecule has 0 aliphatic rings. The molecule has 1 heterocycles. The van der Waals surface area contributed by atoms with Crippen molar-refractivity contribution in [3.05, 3.63) is 82.6 Å². The van der Waals surface area contributed by atoms with E-state index in [0.29, 0.717) is 11.1 Å². The van der Waals surface area contributed by atoms with Crippen LogP contribution in [0.25, 0.3) is 11.1 Å². The van der Waals surface area contributed by atoms with Gasteiger partial charge in [-0.3, -0.25) is 9.78 Å². The molecule has 0 unspecified atom stereocenters. The lowest BCUT2D eigenvalue weighted by Crippen LogP contribution is -2.51. The van der Waals surface area contributed by atoms with Crippen molar-refractivity contribution in [2.24, 2.45) is 0 Å². The maximum absolute atomic E-state index is 14.1. The molecule has 232 valence electrons. The summed E-state index contributed by atoms with van der Waals surface area (Å²) in [4.78, 5) is 28.3. The molecule has 14 heteroatoms.